The van der Waals surface area contributed by atoms with Crippen LogP contribution in [0.25, 0.3) is 10.9 Å². The molecule has 2 aromatic carbocycles. The van der Waals surface area contributed by atoms with E-state index >= 15 is 0 Å². The van der Waals surface area contributed by atoms with Crippen LogP contribution in [0.5, 0.6) is 5.75 Å². The predicted octanol–water partition coefficient (Wildman–Crippen LogP) is 2.12. The second kappa shape index (κ2) is 7.77. The van der Waals surface area contributed by atoms with E-state index in [-0.39, 0.29) is 36.4 Å². The van der Waals surface area contributed by atoms with Crippen molar-refractivity contribution in [3.63, 3.8) is 0 Å². The highest BCUT2D eigenvalue weighted by atomic mass is 19.1. The number of carbonyl (C=O) groups excluding carboxylic acids is 1. The number of carbonyl (C=O) groups is 1. The van der Waals surface area contributed by atoms with Crippen molar-refractivity contribution in [2.75, 3.05) is 6.61 Å². The zero-order valence-corrected chi connectivity index (χ0v) is 14.2. The van der Waals surface area contributed by atoms with Crippen molar-refractivity contribution in [2.45, 2.75) is 19.5 Å². The first-order valence-electron chi connectivity index (χ1n) is 8.15. The van der Waals surface area contributed by atoms with E-state index in [1.165, 1.54) is 23.0 Å². The molecule has 0 aliphatic carbocycles. The van der Waals surface area contributed by atoms with Gasteiger partial charge in [-0.2, -0.15) is 0 Å². The van der Waals surface area contributed by atoms with Gasteiger partial charge >= 0.3 is 0 Å². The number of halogens is 1. The van der Waals surface area contributed by atoms with Gasteiger partial charge in [-0.05, 0) is 31.2 Å². The lowest BCUT2D eigenvalue weighted by Gasteiger charge is -2.16. The van der Waals surface area contributed by atoms with Crippen molar-refractivity contribution in [3.05, 3.63) is 71.0 Å². The molecule has 3 rings (SSSR count). The Hall–Kier alpha value is -3.22. The van der Waals surface area contributed by atoms with Gasteiger partial charge in [-0.15, -0.1) is 0 Å². The average molecular weight is 355 g/mol. The van der Waals surface area contributed by atoms with E-state index in [0.717, 1.165) is 0 Å². The lowest BCUT2D eigenvalue weighted by atomic mass is 10.2. The smallest absolute Gasteiger partial charge is 0.261 e. The fraction of sp³-hybridized carbons (Fsp3) is 0.211. The van der Waals surface area contributed by atoms with Crippen LogP contribution in [0.4, 0.5) is 4.39 Å². The van der Waals surface area contributed by atoms with Crippen LogP contribution in [0, 0.1) is 5.82 Å². The van der Waals surface area contributed by atoms with Gasteiger partial charge in [0.2, 0.25) is 5.91 Å². The van der Waals surface area contributed by atoms with E-state index in [1.807, 2.05) is 0 Å². The van der Waals surface area contributed by atoms with Crippen LogP contribution >= 0.6 is 0 Å². The number of aromatic nitrogens is 2. The highest BCUT2D eigenvalue weighted by molar-refractivity contribution is 5.79. The molecule has 3 aromatic rings. The zero-order chi connectivity index (χ0) is 18.5. The summed E-state index contributed by atoms with van der Waals surface area (Å²) in [7, 11) is 0. The van der Waals surface area contributed by atoms with E-state index < -0.39 is 5.82 Å². The van der Waals surface area contributed by atoms with E-state index in [9.17, 15) is 14.0 Å². The monoisotopic (exact) mass is 355 g/mol. The Morgan fingerprint density at radius 3 is 2.77 bits per heavy atom. The van der Waals surface area contributed by atoms with Crippen molar-refractivity contribution in [3.8, 4) is 5.75 Å². The first-order valence-corrected chi connectivity index (χ1v) is 8.15. The predicted molar refractivity (Wildman–Crippen MR) is 95.5 cm³/mol. The third kappa shape index (κ3) is 4.05. The van der Waals surface area contributed by atoms with Gasteiger partial charge in [0.15, 0.2) is 11.6 Å². The van der Waals surface area contributed by atoms with Crippen LogP contribution in [0.15, 0.2) is 59.7 Å². The second-order valence-electron chi connectivity index (χ2n) is 5.90. The number of nitrogens with one attached hydrogen (secondary N) is 1. The fourth-order valence-corrected chi connectivity index (χ4v) is 2.51. The maximum absolute atomic E-state index is 13.5. The van der Waals surface area contributed by atoms with Crippen molar-refractivity contribution >= 4 is 16.8 Å². The Bertz CT molecular complexity index is 987. The molecule has 6 nitrogen and oxygen atoms in total. The number of nitrogens with zero attached hydrogens (tertiary/aromatic N) is 2. The SMILES string of the molecule is C[C@H](COc1ccccc1F)NC(=O)Cn1cnc2ccccc2c1=O. The maximum atomic E-state index is 13.5. The molecule has 0 aliphatic rings. The second-order valence-corrected chi connectivity index (χ2v) is 5.90. The highest BCUT2D eigenvalue weighted by Crippen LogP contribution is 2.15. The van der Waals surface area contributed by atoms with Crippen molar-refractivity contribution in [1.82, 2.24) is 14.9 Å². The molecule has 1 aromatic heterocycles. The molecule has 1 amide bonds. The Morgan fingerprint density at radius 2 is 1.96 bits per heavy atom. The van der Waals surface area contributed by atoms with Gasteiger partial charge in [-0.25, -0.2) is 9.37 Å². The van der Waals surface area contributed by atoms with Crippen molar-refractivity contribution < 1.29 is 13.9 Å². The molecule has 1 heterocycles. The zero-order valence-electron chi connectivity index (χ0n) is 14.2. The molecule has 26 heavy (non-hydrogen) atoms. The Morgan fingerprint density at radius 1 is 1.23 bits per heavy atom. The Labute approximate surface area is 149 Å². The number of amides is 1. The summed E-state index contributed by atoms with van der Waals surface area (Å²) in [4.78, 5) is 28.7. The molecule has 0 aliphatic heterocycles. The van der Waals surface area contributed by atoms with Crippen molar-refractivity contribution in [2.24, 2.45) is 0 Å². The molecule has 0 saturated carbocycles. The van der Waals surface area contributed by atoms with Crippen LogP contribution in [0.3, 0.4) is 0 Å². The third-order valence-corrected chi connectivity index (χ3v) is 3.78. The number of hydrogen-bond donors (Lipinski definition) is 1. The summed E-state index contributed by atoms with van der Waals surface area (Å²) in [5.41, 5.74) is 0.307. The minimum atomic E-state index is -0.459. The molecule has 0 radical (unpaired) electrons. The molecule has 0 unspecified atom stereocenters. The first kappa shape index (κ1) is 17.6. The molecular formula is C19H18FN3O3. The fourth-order valence-electron chi connectivity index (χ4n) is 2.51. The van der Waals surface area contributed by atoms with Gasteiger partial charge in [0.25, 0.3) is 5.56 Å². The molecule has 0 bridgehead atoms. The summed E-state index contributed by atoms with van der Waals surface area (Å²) in [6, 6.07) is 12.7. The Kier molecular flexibility index (Phi) is 5.26. The molecule has 134 valence electrons. The number of benzene rings is 2. The van der Waals surface area contributed by atoms with Crippen LogP contribution in [0.2, 0.25) is 0 Å². The minimum Gasteiger partial charge on any atom is -0.488 e. The quantitative estimate of drug-likeness (QED) is 0.735. The Balaban J connectivity index is 1.59. The summed E-state index contributed by atoms with van der Waals surface area (Å²) in [6.45, 7) is 1.69. The summed E-state index contributed by atoms with van der Waals surface area (Å²) < 4.78 is 20.1. The van der Waals surface area contributed by atoms with Crippen LogP contribution in [-0.2, 0) is 11.3 Å². The number of para-hydroxylation sites is 2. The van der Waals surface area contributed by atoms with Gasteiger partial charge in [-0.3, -0.25) is 14.2 Å². The standard InChI is InChI=1S/C19H18FN3O3/c1-13(11-26-17-9-5-3-7-15(17)20)22-18(24)10-23-12-21-16-8-4-2-6-14(16)19(23)25/h2-9,12-13H,10-11H2,1H3,(H,22,24)/t13-/m1/s1. The minimum absolute atomic E-state index is 0.109. The summed E-state index contributed by atoms with van der Waals surface area (Å²) in [6.07, 6.45) is 1.35. The topological polar surface area (TPSA) is 73.2 Å². The molecule has 1 N–H and O–H groups in total. The summed E-state index contributed by atoms with van der Waals surface area (Å²) in [5.74, 6) is -0.683. The van der Waals surface area contributed by atoms with Gasteiger partial charge in [-0.1, -0.05) is 24.3 Å². The van der Waals surface area contributed by atoms with Crippen LogP contribution in [-0.4, -0.2) is 28.1 Å². The molecule has 7 heteroatoms. The van der Waals surface area contributed by atoms with E-state index in [4.69, 9.17) is 4.74 Å². The first-order chi connectivity index (χ1) is 12.5. The number of rotatable bonds is 6. The van der Waals surface area contributed by atoms with E-state index in [1.54, 1.807) is 43.3 Å². The van der Waals surface area contributed by atoms with Gasteiger partial charge < -0.3 is 10.1 Å². The summed E-state index contributed by atoms with van der Waals surface area (Å²) in [5, 5.41) is 3.18. The highest BCUT2D eigenvalue weighted by Gasteiger charge is 2.12. The molecule has 1 atom stereocenters. The molecule has 0 fully saturated rings. The van der Waals surface area contributed by atoms with Crippen LogP contribution in [0.1, 0.15) is 6.92 Å². The lowest BCUT2D eigenvalue weighted by molar-refractivity contribution is -0.122. The number of ether oxygens (including phenoxy) is 1. The number of hydrogen-bond acceptors (Lipinski definition) is 4. The van der Waals surface area contributed by atoms with E-state index in [0.29, 0.717) is 10.9 Å². The maximum Gasteiger partial charge on any atom is 0.261 e. The van der Waals surface area contributed by atoms with Gasteiger partial charge in [0, 0.05) is 0 Å². The summed E-state index contributed by atoms with van der Waals surface area (Å²) >= 11 is 0. The van der Waals surface area contributed by atoms with Crippen molar-refractivity contribution in [1.29, 1.82) is 0 Å². The lowest BCUT2D eigenvalue weighted by Crippen LogP contribution is -2.40. The molecule has 0 saturated heterocycles. The molecular weight excluding hydrogens is 337 g/mol. The third-order valence-electron chi connectivity index (χ3n) is 3.78. The molecule has 0 spiro atoms. The van der Waals surface area contributed by atoms with E-state index in [2.05, 4.69) is 10.3 Å². The van der Waals surface area contributed by atoms with Gasteiger partial charge in [0.1, 0.15) is 13.2 Å². The van der Waals surface area contributed by atoms with Gasteiger partial charge in [0.05, 0.1) is 23.3 Å². The average Bonchev–Trinajstić information content (AvgIpc) is 2.63. The largest absolute Gasteiger partial charge is 0.488 e. The number of fused-ring (bicyclic) bond motifs is 1. The normalized spacial score (nSPS) is 11.9. The van der Waals surface area contributed by atoms with Crippen LogP contribution < -0.4 is 15.6 Å².